The number of rotatable bonds is 7. The van der Waals surface area contributed by atoms with Crippen LogP contribution in [0.25, 0.3) is 0 Å². The maximum absolute atomic E-state index is 13.7. The highest BCUT2D eigenvalue weighted by molar-refractivity contribution is 7.89. The van der Waals surface area contributed by atoms with Gasteiger partial charge in [-0.25, -0.2) is 17.9 Å². The lowest BCUT2D eigenvalue weighted by Crippen LogP contribution is -2.28. The fraction of sp³-hybridized carbons (Fsp3) is 0.462. The number of hydrogen-bond acceptors (Lipinski definition) is 4. The smallest absolute Gasteiger partial charge is 0.254 e. The van der Waals surface area contributed by atoms with Crippen molar-refractivity contribution in [2.45, 2.75) is 18.7 Å². The Morgan fingerprint density at radius 2 is 2.10 bits per heavy atom. The van der Waals surface area contributed by atoms with Crippen LogP contribution in [0.5, 0.6) is 0 Å². The first-order valence-electron chi connectivity index (χ1n) is 6.40. The Labute approximate surface area is 123 Å². The summed E-state index contributed by atoms with van der Waals surface area (Å²) in [5, 5.41) is 7.37. The summed E-state index contributed by atoms with van der Waals surface area (Å²) in [7, 11) is -3.99. The summed E-state index contributed by atoms with van der Waals surface area (Å²) < 4.78 is 41.1. The fourth-order valence-electron chi connectivity index (χ4n) is 1.51. The first-order chi connectivity index (χ1) is 9.71. The molecule has 0 heterocycles. The zero-order chi connectivity index (χ0) is 16.0. The average molecular weight is 318 g/mol. The Bertz CT molecular complexity index is 602. The number of carbonyl (C=O) groups is 1. The third kappa shape index (κ3) is 5.78. The molecule has 0 radical (unpaired) electrons. The summed E-state index contributed by atoms with van der Waals surface area (Å²) in [4.78, 5) is 11.4. The molecule has 8 heteroatoms. The molecule has 0 aromatic heterocycles. The molecule has 1 aromatic carbocycles. The van der Waals surface area contributed by atoms with Gasteiger partial charge >= 0.3 is 0 Å². The molecule has 1 amide bonds. The molecule has 0 fully saturated rings. The molecule has 1 aromatic rings. The van der Waals surface area contributed by atoms with E-state index in [4.69, 9.17) is 9.88 Å². The lowest BCUT2D eigenvalue weighted by molar-refractivity contribution is 0.0882. The van der Waals surface area contributed by atoms with Crippen molar-refractivity contribution in [1.29, 1.82) is 0 Å². The number of nitrogens with two attached hydrogens (primary N) is 1. The second-order valence-corrected chi connectivity index (χ2v) is 6.47. The molecular formula is C13H19FN2O4S. The molecule has 0 atom stereocenters. The standard InChI is InChI=1S/C13H19FN2O4S/c1-9(2)8-20-6-5-16-13(17)11-4-3-10(7-12(11)14)21(15,18)19/h3-4,7,9H,5-6,8H2,1-2H3,(H,16,17)(H2,15,18,19). The maximum Gasteiger partial charge on any atom is 0.254 e. The van der Waals surface area contributed by atoms with E-state index >= 15 is 0 Å². The van der Waals surface area contributed by atoms with Gasteiger partial charge in [0.05, 0.1) is 17.1 Å². The lowest BCUT2D eigenvalue weighted by atomic mass is 10.2. The monoisotopic (exact) mass is 318 g/mol. The predicted molar refractivity (Wildman–Crippen MR) is 75.8 cm³/mol. The summed E-state index contributed by atoms with van der Waals surface area (Å²) in [6, 6.07) is 2.89. The van der Waals surface area contributed by atoms with E-state index in [1.165, 1.54) is 0 Å². The minimum Gasteiger partial charge on any atom is -0.379 e. The minimum atomic E-state index is -3.99. The van der Waals surface area contributed by atoms with Crippen molar-refractivity contribution < 1.29 is 22.3 Å². The summed E-state index contributed by atoms with van der Waals surface area (Å²) in [6.45, 7) is 5.14. The van der Waals surface area contributed by atoms with Crippen LogP contribution in [0.4, 0.5) is 4.39 Å². The molecule has 0 aliphatic carbocycles. The first-order valence-corrected chi connectivity index (χ1v) is 7.94. The van der Waals surface area contributed by atoms with Crippen LogP contribution in [0.3, 0.4) is 0 Å². The zero-order valence-electron chi connectivity index (χ0n) is 11.9. The molecule has 0 aliphatic rings. The Balaban J connectivity index is 2.59. The highest BCUT2D eigenvalue weighted by atomic mass is 32.2. The normalized spacial score (nSPS) is 11.7. The Kier molecular flexibility index (Phi) is 6.25. The van der Waals surface area contributed by atoms with Gasteiger partial charge in [-0.1, -0.05) is 13.8 Å². The highest BCUT2D eigenvalue weighted by Gasteiger charge is 2.15. The van der Waals surface area contributed by atoms with E-state index in [0.717, 1.165) is 18.2 Å². The molecule has 118 valence electrons. The number of ether oxygens (including phenoxy) is 1. The number of hydrogen-bond donors (Lipinski definition) is 2. The number of sulfonamides is 1. The lowest BCUT2D eigenvalue weighted by Gasteiger charge is -2.09. The Morgan fingerprint density at radius 1 is 1.43 bits per heavy atom. The number of benzene rings is 1. The molecule has 0 spiro atoms. The molecule has 21 heavy (non-hydrogen) atoms. The van der Waals surface area contributed by atoms with Crippen molar-refractivity contribution in [3.05, 3.63) is 29.6 Å². The molecule has 0 saturated carbocycles. The quantitative estimate of drug-likeness (QED) is 0.729. The van der Waals surface area contributed by atoms with Crippen LogP contribution in [-0.4, -0.2) is 34.1 Å². The summed E-state index contributed by atoms with van der Waals surface area (Å²) in [6.07, 6.45) is 0. The number of halogens is 1. The van der Waals surface area contributed by atoms with E-state index < -0.39 is 21.7 Å². The molecule has 0 bridgehead atoms. The second kappa shape index (κ2) is 7.48. The Hall–Kier alpha value is -1.51. The van der Waals surface area contributed by atoms with Gasteiger partial charge in [0, 0.05) is 13.2 Å². The maximum atomic E-state index is 13.7. The largest absolute Gasteiger partial charge is 0.379 e. The van der Waals surface area contributed by atoms with E-state index in [2.05, 4.69) is 5.32 Å². The number of amides is 1. The zero-order valence-corrected chi connectivity index (χ0v) is 12.7. The highest BCUT2D eigenvalue weighted by Crippen LogP contribution is 2.13. The van der Waals surface area contributed by atoms with Crippen molar-refractivity contribution in [2.75, 3.05) is 19.8 Å². The van der Waals surface area contributed by atoms with Crippen molar-refractivity contribution in [3.63, 3.8) is 0 Å². The summed E-state index contributed by atoms with van der Waals surface area (Å²) in [5.41, 5.74) is -0.244. The van der Waals surface area contributed by atoms with E-state index in [1.807, 2.05) is 13.8 Å². The van der Waals surface area contributed by atoms with Crippen molar-refractivity contribution in [3.8, 4) is 0 Å². The van der Waals surface area contributed by atoms with Gasteiger partial charge in [0.1, 0.15) is 5.82 Å². The molecule has 0 aliphatic heterocycles. The van der Waals surface area contributed by atoms with Gasteiger partial charge in [-0.05, 0) is 24.1 Å². The van der Waals surface area contributed by atoms with E-state index in [9.17, 15) is 17.6 Å². The van der Waals surface area contributed by atoms with Crippen LogP contribution in [-0.2, 0) is 14.8 Å². The van der Waals surface area contributed by atoms with Crippen LogP contribution in [0.15, 0.2) is 23.1 Å². The van der Waals surface area contributed by atoms with Crippen LogP contribution in [0, 0.1) is 11.7 Å². The van der Waals surface area contributed by atoms with E-state index in [-0.39, 0.29) is 17.0 Å². The third-order valence-electron chi connectivity index (χ3n) is 2.50. The van der Waals surface area contributed by atoms with E-state index in [1.54, 1.807) is 0 Å². The van der Waals surface area contributed by atoms with Crippen molar-refractivity contribution >= 4 is 15.9 Å². The Morgan fingerprint density at radius 3 is 2.62 bits per heavy atom. The van der Waals surface area contributed by atoms with Gasteiger partial charge in [0.2, 0.25) is 10.0 Å². The van der Waals surface area contributed by atoms with Gasteiger partial charge in [0.15, 0.2) is 0 Å². The van der Waals surface area contributed by atoms with Gasteiger partial charge in [-0.2, -0.15) is 0 Å². The topological polar surface area (TPSA) is 98.5 Å². The van der Waals surface area contributed by atoms with Crippen LogP contribution < -0.4 is 10.5 Å². The van der Waals surface area contributed by atoms with Crippen molar-refractivity contribution in [1.82, 2.24) is 5.32 Å². The summed E-state index contributed by atoms with van der Waals surface area (Å²) in [5.74, 6) is -1.19. The van der Waals surface area contributed by atoms with Gasteiger partial charge < -0.3 is 10.1 Å². The number of carbonyl (C=O) groups excluding carboxylic acids is 1. The second-order valence-electron chi connectivity index (χ2n) is 4.91. The predicted octanol–water partition coefficient (Wildman–Crippen LogP) is 0.876. The van der Waals surface area contributed by atoms with Gasteiger partial charge in [-0.15, -0.1) is 0 Å². The number of nitrogens with one attached hydrogen (secondary N) is 1. The van der Waals surface area contributed by atoms with Crippen LogP contribution in [0.2, 0.25) is 0 Å². The average Bonchev–Trinajstić information content (AvgIpc) is 2.36. The molecule has 0 unspecified atom stereocenters. The van der Waals surface area contributed by atoms with Crippen molar-refractivity contribution in [2.24, 2.45) is 11.1 Å². The minimum absolute atomic E-state index is 0.238. The first kappa shape index (κ1) is 17.5. The van der Waals surface area contributed by atoms with E-state index in [0.29, 0.717) is 19.1 Å². The number of primary sulfonamides is 1. The third-order valence-corrected chi connectivity index (χ3v) is 3.41. The molecule has 6 nitrogen and oxygen atoms in total. The molecule has 3 N–H and O–H groups in total. The molecular weight excluding hydrogens is 299 g/mol. The molecule has 1 rings (SSSR count). The van der Waals surface area contributed by atoms with Crippen LogP contribution >= 0.6 is 0 Å². The van der Waals surface area contributed by atoms with Gasteiger partial charge in [0.25, 0.3) is 5.91 Å². The summed E-state index contributed by atoms with van der Waals surface area (Å²) >= 11 is 0. The van der Waals surface area contributed by atoms with Crippen LogP contribution in [0.1, 0.15) is 24.2 Å². The molecule has 0 saturated heterocycles. The van der Waals surface area contributed by atoms with Gasteiger partial charge in [-0.3, -0.25) is 4.79 Å². The fourth-order valence-corrected chi connectivity index (χ4v) is 2.03. The SMILES string of the molecule is CC(C)COCCNC(=O)c1ccc(S(N)(=O)=O)cc1F.